The molecule has 5 nitrogen and oxygen atoms in total. The van der Waals surface area contributed by atoms with Crippen LogP contribution in [0.15, 0.2) is 0 Å². The van der Waals surface area contributed by atoms with Crippen molar-refractivity contribution < 1.29 is 0 Å². The first-order valence-corrected chi connectivity index (χ1v) is 8.62. The third-order valence-corrected chi connectivity index (χ3v) is 6.31. The zero-order valence-corrected chi connectivity index (χ0v) is 13.9. The highest BCUT2D eigenvalue weighted by Crippen LogP contribution is 2.41. The van der Waals surface area contributed by atoms with E-state index in [0.29, 0.717) is 5.41 Å². The van der Waals surface area contributed by atoms with E-state index < -0.39 is 0 Å². The number of nitrogens with zero attached hydrogens (tertiary/aromatic N) is 5. The Labute approximate surface area is 129 Å². The molecule has 0 N–H and O–H groups in total. The molecule has 0 saturated carbocycles. The lowest BCUT2D eigenvalue weighted by Gasteiger charge is -2.40. The van der Waals surface area contributed by atoms with Crippen molar-refractivity contribution in [2.45, 2.75) is 26.2 Å². The van der Waals surface area contributed by atoms with E-state index in [2.05, 4.69) is 28.9 Å². The number of hydrogen-bond donors (Lipinski definition) is 0. The monoisotopic (exact) mass is 305 g/mol. The van der Waals surface area contributed by atoms with Crippen LogP contribution in [-0.2, 0) is 7.05 Å². The van der Waals surface area contributed by atoms with Gasteiger partial charge in [0.15, 0.2) is 10.8 Å². The lowest BCUT2D eigenvalue weighted by atomic mass is 9.79. The smallest absolute Gasteiger partial charge is 0.188 e. The van der Waals surface area contributed by atoms with Crippen LogP contribution in [0.4, 0.5) is 5.13 Å². The number of anilines is 1. The van der Waals surface area contributed by atoms with E-state index in [9.17, 15) is 0 Å². The predicted molar refractivity (Wildman–Crippen MR) is 87.1 cm³/mol. The molecular weight excluding hydrogens is 282 g/mol. The van der Waals surface area contributed by atoms with Crippen molar-refractivity contribution in [2.75, 3.05) is 38.1 Å². The average molecular weight is 305 g/mol. The third kappa shape index (κ3) is 2.16. The minimum Gasteiger partial charge on any atom is -0.347 e. The maximum atomic E-state index is 4.86. The average Bonchev–Trinajstić information content (AvgIpc) is 3.09. The number of aryl methyl sites for hydroxylation is 2. The van der Waals surface area contributed by atoms with E-state index in [1.165, 1.54) is 48.7 Å². The zero-order valence-electron chi connectivity index (χ0n) is 13.1. The first-order valence-electron chi connectivity index (χ1n) is 7.80. The number of hydrogen-bond acceptors (Lipinski definition) is 5. The van der Waals surface area contributed by atoms with Gasteiger partial charge in [0.1, 0.15) is 0 Å². The summed E-state index contributed by atoms with van der Waals surface area (Å²) in [6, 6.07) is 0. The highest BCUT2D eigenvalue weighted by molar-refractivity contribution is 7.22. The number of piperidine rings is 1. The van der Waals surface area contributed by atoms with Crippen LogP contribution in [0, 0.1) is 12.3 Å². The Morgan fingerprint density at radius 1 is 1.14 bits per heavy atom. The van der Waals surface area contributed by atoms with E-state index in [0.717, 1.165) is 17.9 Å². The first kappa shape index (κ1) is 13.5. The van der Waals surface area contributed by atoms with E-state index in [1.54, 1.807) is 0 Å². The number of rotatable bonds is 1. The molecule has 2 aliphatic heterocycles. The molecule has 0 bridgehead atoms. The second-order valence-electron chi connectivity index (χ2n) is 6.87. The molecule has 6 heteroatoms. The molecular formula is C15H23N5S. The van der Waals surface area contributed by atoms with E-state index in [1.807, 2.05) is 23.1 Å². The Hall–Kier alpha value is -1.14. The normalized spacial score (nSPS) is 27.3. The van der Waals surface area contributed by atoms with Crippen LogP contribution in [0.3, 0.4) is 0 Å². The summed E-state index contributed by atoms with van der Waals surface area (Å²) >= 11 is 1.81. The molecule has 2 aromatic rings. The Bertz CT molecular complexity index is 636. The molecule has 2 saturated heterocycles. The summed E-state index contributed by atoms with van der Waals surface area (Å²) in [6.07, 6.45) is 4.01. The molecule has 114 valence electrons. The van der Waals surface area contributed by atoms with Gasteiger partial charge in [-0.15, -0.1) is 0 Å². The first-order chi connectivity index (χ1) is 10.1. The Morgan fingerprint density at radius 3 is 2.71 bits per heavy atom. The summed E-state index contributed by atoms with van der Waals surface area (Å²) in [6.45, 7) is 6.89. The van der Waals surface area contributed by atoms with Gasteiger partial charge in [0.25, 0.3) is 0 Å². The second kappa shape index (κ2) is 4.68. The molecule has 0 amide bonds. The van der Waals surface area contributed by atoms with Gasteiger partial charge in [-0.2, -0.15) is 5.10 Å². The largest absolute Gasteiger partial charge is 0.347 e. The maximum absolute atomic E-state index is 4.86. The zero-order chi connectivity index (χ0) is 14.6. The van der Waals surface area contributed by atoms with Crippen molar-refractivity contribution in [3.8, 4) is 0 Å². The Morgan fingerprint density at radius 2 is 2.00 bits per heavy atom. The number of aromatic nitrogens is 3. The molecule has 2 aromatic heterocycles. The van der Waals surface area contributed by atoms with Crippen LogP contribution >= 0.6 is 11.3 Å². The molecule has 0 unspecified atom stereocenters. The van der Waals surface area contributed by atoms with E-state index >= 15 is 0 Å². The fourth-order valence-corrected chi connectivity index (χ4v) is 5.13. The lowest BCUT2D eigenvalue weighted by molar-refractivity contribution is 0.234. The Balaban J connectivity index is 1.64. The van der Waals surface area contributed by atoms with Crippen molar-refractivity contribution in [2.24, 2.45) is 12.5 Å². The fraction of sp³-hybridized carbons (Fsp3) is 0.733. The van der Waals surface area contributed by atoms with Gasteiger partial charge in [-0.25, -0.2) is 9.67 Å². The van der Waals surface area contributed by atoms with Gasteiger partial charge < -0.3 is 9.80 Å². The highest BCUT2D eigenvalue weighted by atomic mass is 32.1. The quantitative estimate of drug-likeness (QED) is 0.810. The van der Waals surface area contributed by atoms with Crippen LogP contribution < -0.4 is 4.90 Å². The van der Waals surface area contributed by atoms with E-state index in [4.69, 9.17) is 4.98 Å². The predicted octanol–water partition coefficient (Wildman–Crippen LogP) is 2.26. The van der Waals surface area contributed by atoms with Crippen LogP contribution in [0.2, 0.25) is 0 Å². The fourth-order valence-electron chi connectivity index (χ4n) is 4.07. The molecule has 0 radical (unpaired) electrons. The van der Waals surface area contributed by atoms with Gasteiger partial charge in [0.2, 0.25) is 0 Å². The molecule has 2 fully saturated rings. The van der Waals surface area contributed by atoms with Crippen LogP contribution in [0.5, 0.6) is 0 Å². The van der Waals surface area contributed by atoms with Crippen LogP contribution in [0.25, 0.3) is 10.3 Å². The van der Waals surface area contributed by atoms with Crippen molar-refractivity contribution in [3.05, 3.63) is 5.69 Å². The standard InChI is InChI=1S/C15H23N5S/c1-11-12-13(19(3)17-11)16-14(21-12)20-7-4-5-15(10-20)6-8-18(2)9-15/h4-10H2,1-3H3/t15-/m0/s1. The molecule has 21 heavy (non-hydrogen) atoms. The molecule has 4 heterocycles. The summed E-state index contributed by atoms with van der Waals surface area (Å²) in [5.74, 6) is 0. The van der Waals surface area contributed by atoms with Crippen molar-refractivity contribution in [3.63, 3.8) is 0 Å². The summed E-state index contributed by atoms with van der Waals surface area (Å²) in [7, 11) is 4.24. The number of likely N-dealkylation sites (tertiary alicyclic amines) is 1. The highest BCUT2D eigenvalue weighted by Gasteiger charge is 2.40. The molecule has 1 atom stereocenters. The minimum absolute atomic E-state index is 0.498. The minimum atomic E-state index is 0.498. The lowest BCUT2D eigenvalue weighted by Crippen LogP contribution is -2.44. The molecule has 0 aliphatic carbocycles. The van der Waals surface area contributed by atoms with E-state index in [-0.39, 0.29) is 0 Å². The molecule has 2 aliphatic rings. The third-order valence-electron chi connectivity index (χ3n) is 5.09. The number of thiazole rings is 1. The van der Waals surface area contributed by atoms with Crippen molar-refractivity contribution >= 4 is 26.8 Å². The summed E-state index contributed by atoms with van der Waals surface area (Å²) in [5, 5.41) is 5.65. The summed E-state index contributed by atoms with van der Waals surface area (Å²) < 4.78 is 3.16. The van der Waals surface area contributed by atoms with Crippen molar-refractivity contribution in [1.82, 2.24) is 19.7 Å². The van der Waals surface area contributed by atoms with Crippen LogP contribution in [0.1, 0.15) is 25.0 Å². The molecule has 4 rings (SSSR count). The van der Waals surface area contributed by atoms with Gasteiger partial charge in [-0.3, -0.25) is 0 Å². The maximum Gasteiger partial charge on any atom is 0.188 e. The van der Waals surface area contributed by atoms with Gasteiger partial charge in [0, 0.05) is 32.1 Å². The van der Waals surface area contributed by atoms with Gasteiger partial charge in [-0.05, 0) is 39.8 Å². The molecule has 0 aromatic carbocycles. The topological polar surface area (TPSA) is 37.2 Å². The SMILES string of the molecule is Cc1nn(C)c2nc(N3CCC[C@@]4(CCN(C)C4)C3)sc12. The van der Waals surface area contributed by atoms with Gasteiger partial charge in [-0.1, -0.05) is 11.3 Å². The Kier molecular flexibility index (Phi) is 3.01. The summed E-state index contributed by atoms with van der Waals surface area (Å²) in [5.41, 5.74) is 2.64. The van der Waals surface area contributed by atoms with Crippen LogP contribution in [-0.4, -0.2) is 52.9 Å². The molecule has 1 spiro atoms. The second-order valence-corrected chi connectivity index (χ2v) is 7.85. The summed E-state index contributed by atoms with van der Waals surface area (Å²) in [4.78, 5) is 9.86. The van der Waals surface area contributed by atoms with Crippen molar-refractivity contribution in [1.29, 1.82) is 0 Å². The number of fused-ring (bicyclic) bond motifs is 1. The van der Waals surface area contributed by atoms with Gasteiger partial charge >= 0.3 is 0 Å². The van der Waals surface area contributed by atoms with Gasteiger partial charge in [0.05, 0.1) is 10.4 Å².